The maximum Gasteiger partial charge on any atom is 0.198 e. The second kappa shape index (κ2) is 2.13. The molecular weight excluding hydrogens is 124 g/mol. The summed E-state index contributed by atoms with van der Waals surface area (Å²) >= 11 is 3.94. The van der Waals surface area contributed by atoms with E-state index in [0.29, 0.717) is 10.8 Å². The SMILES string of the molecule is COc1ccoc1S. The number of furan rings is 1. The van der Waals surface area contributed by atoms with Gasteiger partial charge < -0.3 is 9.15 Å². The summed E-state index contributed by atoms with van der Waals surface area (Å²) in [5, 5.41) is 0.521. The van der Waals surface area contributed by atoms with Crippen LogP contribution < -0.4 is 4.74 Å². The standard InChI is InChI=1S/C5H6O2S/c1-6-4-2-3-7-5(4)8/h2-3,8H,1H3. The van der Waals surface area contributed by atoms with Crippen molar-refractivity contribution in [2.24, 2.45) is 0 Å². The van der Waals surface area contributed by atoms with Gasteiger partial charge in [0.2, 0.25) is 0 Å². The zero-order valence-electron chi connectivity index (χ0n) is 4.42. The first-order valence-corrected chi connectivity index (χ1v) is 2.60. The first-order valence-electron chi connectivity index (χ1n) is 2.15. The maximum atomic E-state index is 4.81. The Labute approximate surface area is 52.9 Å². The molecule has 0 aliphatic rings. The van der Waals surface area contributed by atoms with E-state index in [1.165, 1.54) is 6.26 Å². The van der Waals surface area contributed by atoms with E-state index in [4.69, 9.17) is 9.15 Å². The number of rotatable bonds is 1. The van der Waals surface area contributed by atoms with Crippen molar-refractivity contribution in [3.05, 3.63) is 12.3 Å². The van der Waals surface area contributed by atoms with Gasteiger partial charge in [-0.1, -0.05) is 0 Å². The number of hydrogen-bond donors (Lipinski definition) is 1. The highest BCUT2D eigenvalue weighted by atomic mass is 32.1. The average molecular weight is 130 g/mol. The summed E-state index contributed by atoms with van der Waals surface area (Å²) in [4.78, 5) is 0. The summed E-state index contributed by atoms with van der Waals surface area (Å²) in [5.41, 5.74) is 0. The fourth-order valence-electron chi connectivity index (χ4n) is 0.445. The number of hydrogen-bond acceptors (Lipinski definition) is 3. The van der Waals surface area contributed by atoms with Crippen LogP contribution in [0.2, 0.25) is 0 Å². The van der Waals surface area contributed by atoms with Crippen LogP contribution in [0.25, 0.3) is 0 Å². The Bertz CT molecular complexity index is 171. The largest absolute Gasteiger partial charge is 0.492 e. The van der Waals surface area contributed by atoms with Crippen molar-refractivity contribution in [3.63, 3.8) is 0 Å². The quantitative estimate of drug-likeness (QED) is 0.583. The molecule has 0 aliphatic heterocycles. The molecule has 0 N–H and O–H groups in total. The minimum absolute atomic E-state index is 0.521. The van der Waals surface area contributed by atoms with E-state index >= 15 is 0 Å². The number of thiol groups is 1. The zero-order valence-corrected chi connectivity index (χ0v) is 5.31. The van der Waals surface area contributed by atoms with E-state index in [2.05, 4.69) is 12.6 Å². The third-order valence-electron chi connectivity index (χ3n) is 0.830. The minimum atomic E-state index is 0.521. The van der Waals surface area contributed by atoms with Gasteiger partial charge in [0.25, 0.3) is 0 Å². The zero-order chi connectivity index (χ0) is 5.98. The summed E-state index contributed by atoms with van der Waals surface area (Å²) in [6, 6.07) is 1.71. The molecule has 8 heavy (non-hydrogen) atoms. The molecule has 0 spiro atoms. The van der Waals surface area contributed by atoms with Crippen molar-refractivity contribution in [2.75, 3.05) is 7.11 Å². The fraction of sp³-hybridized carbons (Fsp3) is 0.200. The fourth-order valence-corrected chi connectivity index (χ4v) is 0.672. The molecule has 0 unspecified atom stereocenters. The molecule has 44 valence electrons. The molecule has 0 radical (unpaired) electrons. The predicted octanol–water partition coefficient (Wildman–Crippen LogP) is 1.58. The van der Waals surface area contributed by atoms with Crippen molar-refractivity contribution in [1.29, 1.82) is 0 Å². The molecule has 1 aromatic rings. The highest BCUT2D eigenvalue weighted by Crippen LogP contribution is 2.21. The Balaban J connectivity index is 2.92. The minimum Gasteiger partial charge on any atom is -0.492 e. The van der Waals surface area contributed by atoms with Gasteiger partial charge in [-0.05, 0) is 0 Å². The summed E-state index contributed by atoms with van der Waals surface area (Å²) in [7, 11) is 1.57. The van der Waals surface area contributed by atoms with E-state index in [1.807, 2.05) is 0 Å². The van der Waals surface area contributed by atoms with Crippen LogP contribution in [0, 0.1) is 0 Å². The Morgan fingerprint density at radius 3 is 2.75 bits per heavy atom. The molecule has 0 saturated heterocycles. The number of ether oxygens (including phenoxy) is 1. The van der Waals surface area contributed by atoms with E-state index in [1.54, 1.807) is 13.2 Å². The van der Waals surface area contributed by atoms with Gasteiger partial charge in [-0.25, -0.2) is 0 Å². The Morgan fingerprint density at radius 2 is 2.50 bits per heavy atom. The summed E-state index contributed by atoms with van der Waals surface area (Å²) < 4.78 is 9.61. The Morgan fingerprint density at radius 1 is 1.75 bits per heavy atom. The predicted molar refractivity (Wildman–Crippen MR) is 32.5 cm³/mol. The van der Waals surface area contributed by atoms with Gasteiger partial charge >= 0.3 is 0 Å². The van der Waals surface area contributed by atoms with E-state index in [9.17, 15) is 0 Å². The van der Waals surface area contributed by atoms with Gasteiger partial charge in [-0.15, -0.1) is 12.6 Å². The average Bonchev–Trinajstić information content (AvgIpc) is 2.14. The molecule has 0 fully saturated rings. The molecule has 0 aliphatic carbocycles. The molecule has 0 aromatic carbocycles. The highest BCUT2D eigenvalue weighted by molar-refractivity contribution is 7.80. The van der Waals surface area contributed by atoms with E-state index in [0.717, 1.165) is 0 Å². The van der Waals surface area contributed by atoms with Crippen molar-refractivity contribution < 1.29 is 9.15 Å². The Kier molecular flexibility index (Phi) is 1.48. The van der Waals surface area contributed by atoms with Crippen LogP contribution in [0.1, 0.15) is 0 Å². The van der Waals surface area contributed by atoms with Crippen molar-refractivity contribution in [2.45, 2.75) is 5.09 Å². The summed E-state index contributed by atoms with van der Waals surface area (Å²) in [6.45, 7) is 0. The van der Waals surface area contributed by atoms with Crippen LogP contribution in [-0.2, 0) is 0 Å². The lowest BCUT2D eigenvalue weighted by Gasteiger charge is -1.90. The van der Waals surface area contributed by atoms with Gasteiger partial charge in [0, 0.05) is 6.07 Å². The van der Waals surface area contributed by atoms with Crippen molar-refractivity contribution in [1.82, 2.24) is 0 Å². The molecule has 0 bridgehead atoms. The first-order chi connectivity index (χ1) is 3.84. The van der Waals surface area contributed by atoms with Crippen LogP contribution >= 0.6 is 12.6 Å². The normalized spacial score (nSPS) is 9.25. The Hall–Kier alpha value is -0.570. The van der Waals surface area contributed by atoms with Crippen LogP contribution in [0.4, 0.5) is 0 Å². The molecule has 0 atom stereocenters. The second-order valence-electron chi connectivity index (χ2n) is 1.29. The lowest BCUT2D eigenvalue weighted by Crippen LogP contribution is -1.77. The lowest BCUT2D eigenvalue weighted by atomic mass is 10.6. The van der Waals surface area contributed by atoms with Crippen LogP contribution in [0.5, 0.6) is 5.75 Å². The third-order valence-corrected chi connectivity index (χ3v) is 1.16. The van der Waals surface area contributed by atoms with Gasteiger partial charge in [-0.3, -0.25) is 0 Å². The number of methoxy groups -OCH3 is 1. The maximum absolute atomic E-state index is 4.81. The molecule has 1 rings (SSSR count). The lowest BCUT2D eigenvalue weighted by molar-refractivity contribution is 0.372. The van der Waals surface area contributed by atoms with Gasteiger partial charge in [0.1, 0.15) is 0 Å². The smallest absolute Gasteiger partial charge is 0.198 e. The molecule has 0 saturated carbocycles. The topological polar surface area (TPSA) is 22.4 Å². The third kappa shape index (κ3) is 0.816. The summed E-state index contributed by atoms with van der Waals surface area (Å²) in [5.74, 6) is 0.674. The van der Waals surface area contributed by atoms with Crippen LogP contribution in [-0.4, -0.2) is 7.11 Å². The molecule has 1 heterocycles. The first kappa shape index (κ1) is 5.56. The molecular formula is C5H6O2S. The van der Waals surface area contributed by atoms with E-state index in [-0.39, 0.29) is 0 Å². The van der Waals surface area contributed by atoms with Gasteiger partial charge in [0.05, 0.1) is 13.4 Å². The van der Waals surface area contributed by atoms with Gasteiger partial charge in [-0.2, -0.15) is 0 Å². The van der Waals surface area contributed by atoms with E-state index < -0.39 is 0 Å². The van der Waals surface area contributed by atoms with Crippen LogP contribution in [0.3, 0.4) is 0 Å². The molecule has 2 nitrogen and oxygen atoms in total. The highest BCUT2D eigenvalue weighted by Gasteiger charge is 1.97. The molecule has 0 amide bonds. The second-order valence-corrected chi connectivity index (χ2v) is 1.70. The summed E-state index contributed by atoms with van der Waals surface area (Å²) in [6.07, 6.45) is 1.53. The van der Waals surface area contributed by atoms with Crippen molar-refractivity contribution in [3.8, 4) is 5.75 Å². The van der Waals surface area contributed by atoms with Crippen LogP contribution in [0.15, 0.2) is 21.8 Å². The monoisotopic (exact) mass is 130 g/mol. The van der Waals surface area contributed by atoms with Crippen molar-refractivity contribution >= 4 is 12.6 Å². The molecule has 1 aromatic heterocycles. The van der Waals surface area contributed by atoms with Gasteiger partial charge in [0.15, 0.2) is 10.8 Å². The molecule has 3 heteroatoms.